The topological polar surface area (TPSA) is 59.6 Å². The lowest BCUT2D eigenvalue weighted by molar-refractivity contribution is -0.123. The van der Waals surface area contributed by atoms with E-state index in [1.165, 1.54) is 0 Å². The Morgan fingerprint density at radius 1 is 1.07 bits per heavy atom. The van der Waals surface area contributed by atoms with Gasteiger partial charge in [-0.05, 0) is 55.8 Å². The first-order valence-electron chi connectivity index (χ1n) is 8.66. The van der Waals surface area contributed by atoms with Gasteiger partial charge < -0.3 is 20.1 Å². The number of methoxy groups -OCH3 is 1. The van der Waals surface area contributed by atoms with Gasteiger partial charge in [-0.2, -0.15) is 0 Å². The van der Waals surface area contributed by atoms with Gasteiger partial charge in [-0.3, -0.25) is 4.79 Å². The van der Waals surface area contributed by atoms with Gasteiger partial charge >= 0.3 is 0 Å². The lowest BCUT2D eigenvalue weighted by atomic mass is 10.1. The molecule has 5 nitrogen and oxygen atoms in total. The molecule has 0 radical (unpaired) electrons. The molecule has 2 unspecified atom stereocenters. The van der Waals surface area contributed by atoms with Crippen molar-refractivity contribution in [1.82, 2.24) is 10.6 Å². The molecule has 0 bridgehead atoms. The zero-order valence-electron chi connectivity index (χ0n) is 16.0. The van der Waals surface area contributed by atoms with Crippen LogP contribution in [0.2, 0.25) is 10.0 Å². The second-order valence-electron chi connectivity index (χ2n) is 6.10. The predicted octanol–water partition coefficient (Wildman–Crippen LogP) is 4.66. The number of rotatable bonds is 9. The maximum atomic E-state index is 12.3. The molecule has 2 atom stereocenters. The molecule has 28 heavy (non-hydrogen) atoms. The van der Waals surface area contributed by atoms with E-state index in [-0.39, 0.29) is 30.4 Å². The lowest BCUT2D eigenvalue weighted by Crippen LogP contribution is -2.44. The van der Waals surface area contributed by atoms with Crippen molar-refractivity contribution in [2.45, 2.75) is 25.9 Å². The largest absolute Gasteiger partial charge is 0.497 e. The number of ether oxygens (including phenoxy) is 2. The van der Waals surface area contributed by atoms with Gasteiger partial charge in [0.1, 0.15) is 18.1 Å². The molecule has 1 amide bonds. The van der Waals surface area contributed by atoms with E-state index in [0.29, 0.717) is 23.2 Å². The van der Waals surface area contributed by atoms with E-state index in [2.05, 4.69) is 10.6 Å². The van der Waals surface area contributed by atoms with Gasteiger partial charge in [0.05, 0.1) is 19.2 Å². The van der Waals surface area contributed by atoms with Gasteiger partial charge in [0.15, 0.2) is 0 Å². The van der Waals surface area contributed by atoms with Crippen molar-refractivity contribution in [2.24, 2.45) is 0 Å². The SMILES string of the molecule is COc1ccc(OCCNC(C)C(=O)NC(C)c2ccc(Cl)cc2Cl)cc1.Cl. The number of hydrogen-bond donors (Lipinski definition) is 2. The molecule has 2 N–H and O–H groups in total. The van der Waals surface area contributed by atoms with Gasteiger partial charge in [-0.1, -0.05) is 29.3 Å². The molecule has 0 aliphatic heterocycles. The van der Waals surface area contributed by atoms with Crippen LogP contribution in [-0.4, -0.2) is 32.2 Å². The second kappa shape index (κ2) is 12.0. The molecular formula is C20H25Cl3N2O3. The third-order valence-corrected chi connectivity index (χ3v) is 4.62. The zero-order chi connectivity index (χ0) is 19.8. The fraction of sp³-hybridized carbons (Fsp3) is 0.350. The average molecular weight is 448 g/mol. The van der Waals surface area contributed by atoms with Crippen LogP contribution in [0, 0.1) is 0 Å². The first-order chi connectivity index (χ1) is 12.9. The van der Waals surface area contributed by atoms with Crippen molar-refractivity contribution in [3.8, 4) is 11.5 Å². The number of benzene rings is 2. The summed E-state index contributed by atoms with van der Waals surface area (Å²) in [6.07, 6.45) is 0. The molecule has 0 aliphatic rings. The van der Waals surface area contributed by atoms with Crippen LogP contribution in [0.25, 0.3) is 0 Å². The molecule has 0 saturated heterocycles. The standard InChI is InChI=1S/C20H24Cl2N2O3.ClH/c1-13(18-9-4-15(21)12-19(18)22)24-20(25)14(2)23-10-11-27-17-7-5-16(26-3)6-8-17;/h4-9,12-14,23H,10-11H2,1-3H3,(H,24,25);1H. The third kappa shape index (κ3) is 7.40. The van der Waals surface area contributed by atoms with Crippen LogP contribution in [0.5, 0.6) is 11.5 Å². The van der Waals surface area contributed by atoms with Crippen LogP contribution in [-0.2, 0) is 4.79 Å². The second-order valence-corrected chi connectivity index (χ2v) is 6.94. The lowest BCUT2D eigenvalue weighted by Gasteiger charge is -2.20. The Kier molecular flexibility index (Phi) is 10.5. The minimum Gasteiger partial charge on any atom is -0.497 e. The van der Waals surface area contributed by atoms with Crippen LogP contribution >= 0.6 is 35.6 Å². The molecule has 0 fully saturated rings. The van der Waals surface area contributed by atoms with Crippen molar-refractivity contribution in [1.29, 1.82) is 0 Å². The average Bonchev–Trinajstić information content (AvgIpc) is 2.65. The maximum Gasteiger partial charge on any atom is 0.237 e. The highest BCUT2D eigenvalue weighted by molar-refractivity contribution is 6.35. The zero-order valence-corrected chi connectivity index (χ0v) is 18.3. The van der Waals surface area contributed by atoms with E-state index in [9.17, 15) is 4.79 Å². The van der Waals surface area contributed by atoms with Gasteiger partial charge in [-0.15, -0.1) is 12.4 Å². The van der Waals surface area contributed by atoms with Crippen LogP contribution in [0.15, 0.2) is 42.5 Å². The van der Waals surface area contributed by atoms with E-state index in [1.54, 1.807) is 26.2 Å². The summed E-state index contributed by atoms with van der Waals surface area (Å²) in [5.41, 5.74) is 0.824. The molecule has 0 heterocycles. The van der Waals surface area contributed by atoms with E-state index < -0.39 is 0 Å². The Labute approximate surface area is 182 Å². The summed E-state index contributed by atoms with van der Waals surface area (Å²) in [5, 5.41) is 7.18. The van der Waals surface area contributed by atoms with Crippen LogP contribution < -0.4 is 20.1 Å². The maximum absolute atomic E-state index is 12.3. The van der Waals surface area contributed by atoms with E-state index in [4.69, 9.17) is 32.7 Å². The molecule has 154 valence electrons. The van der Waals surface area contributed by atoms with Gasteiger partial charge in [0.25, 0.3) is 0 Å². The van der Waals surface area contributed by atoms with E-state index in [0.717, 1.165) is 17.1 Å². The normalized spacial score (nSPS) is 12.5. The number of carbonyl (C=O) groups is 1. The first-order valence-corrected chi connectivity index (χ1v) is 9.42. The molecule has 2 rings (SSSR count). The number of hydrogen-bond acceptors (Lipinski definition) is 4. The van der Waals surface area contributed by atoms with Gasteiger partial charge in [0.2, 0.25) is 5.91 Å². The highest BCUT2D eigenvalue weighted by Crippen LogP contribution is 2.26. The van der Waals surface area contributed by atoms with Crippen molar-refractivity contribution >= 4 is 41.5 Å². The van der Waals surface area contributed by atoms with Crippen molar-refractivity contribution in [2.75, 3.05) is 20.3 Å². The molecular weight excluding hydrogens is 423 g/mol. The van der Waals surface area contributed by atoms with Crippen molar-refractivity contribution in [3.05, 3.63) is 58.1 Å². The Morgan fingerprint density at radius 3 is 2.32 bits per heavy atom. The quantitative estimate of drug-likeness (QED) is 0.549. The Bertz CT molecular complexity index is 757. The van der Waals surface area contributed by atoms with Gasteiger partial charge in [-0.25, -0.2) is 0 Å². The number of halogens is 3. The Balaban J connectivity index is 0.00000392. The van der Waals surface area contributed by atoms with Crippen molar-refractivity contribution in [3.63, 3.8) is 0 Å². The summed E-state index contributed by atoms with van der Waals surface area (Å²) >= 11 is 12.1. The minimum absolute atomic E-state index is 0. The Hall–Kier alpha value is -1.66. The molecule has 0 aromatic heterocycles. The van der Waals surface area contributed by atoms with Crippen LogP contribution in [0.3, 0.4) is 0 Å². The monoisotopic (exact) mass is 446 g/mol. The molecule has 8 heteroatoms. The highest BCUT2D eigenvalue weighted by Gasteiger charge is 2.17. The molecule has 0 spiro atoms. The predicted molar refractivity (Wildman–Crippen MR) is 116 cm³/mol. The first kappa shape index (κ1) is 24.4. The van der Waals surface area contributed by atoms with Gasteiger partial charge in [0, 0.05) is 16.6 Å². The molecule has 0 saturated carbocycles. The third-order valence-electron chi connectivity index (χ3n) is 4.06. The highest BCUT2D eigenvalue weighted by atomic mass is 35.5. The fourth-order valence-electron chi connectivity index (χ4n) is 2.48. The smallest absolute Gasteiger partial charge is 0.237 e. The van der Waals surface area contributed by atoms with Crippen LogP contribution in [0.4, 0.5) is 0 Å². The Morgan fingerprint density at radius 2 is 1.71 bits per heavy atom. The minimum atomic E-state index is -0.363. The molecule has 2 aromatic carbocycles. The number of amides is 1. The van der Waals surface area contributed by atoms with E-state index >= 15 is 0 Å². The fourth-order valence-corrected chi connectivity index (χ4v) is 3.05. The molecule has 0 aliphatic carbocycles. The summed E-state index contributed by atoms with van der Waals surface area (Å²) in [6.45, 7) is 4.67. The summed E-state index contributed by atoms with van der Waals surface area (Å²) in [6, 6.07) is 12.0. The number of carbonyl (C=O) groups excluding carboxylic acids is 1. The summed E-state index contributed by atoms with van der Waals surface area (Å²) in [7, 11) is 1.62. The summed E-state index contributed by atoms with van der Waals surface area (Å²) < 4.78 is 10.7. The van der Waals surface area contributed by atoms with Crippen LogP contribution in [0.1, 0.15) is 25.5 Å². The summed E-state index contributed by atoms with van der Waals surface area (Å²) in [4.78, 5) is 12.3. The number of nitrogens with one attached hydrogen (secondary N) is 2. The van der Waals surface area contributed by atoms with E-state index in [1.807, 2.05) is 37.3 Å². The summed E-state index contributed by atoms with van der Waals surface area (Å²) in [5.74, 6) is 1.42. The van der Waals surface area contributed by atoms with Crippen molar-refractivity contribution < 1.29 is 14.3 Å². The molecule has 2 aromatic rings.